The van der Waals surface area contributed by atoms with Gasteiger partial charge in [0.2, 0.25) is 0 Å². The largest absolute Gasteiger partial charge is 0.459 e. The summed E-state index contributed by atoms with van der Waals surface area (Å²) in [7, 11) is 1.84. The van der Waals surface area contributed by atoms with Crippen LogP contribution in [0.15, 0.2) is 27.8 Å². The Bertz CT molecular complexity index is 685. The van der Waals surface area contributed by atoms with E-state index in [9.17, 15) is 4.79 Å². The minimum atomic E-state index is -0.0345. The molecule has 0 aliphatic carbocycles. The van der Waals surface area contributed by atoms with E-state index in [1.807, 2.05) is 11.9 Å². The molecule has 3 fully saturated rings. The molecule has 29 heavy (non-hydrogen) atoms. The summed E-state index contributed by atoms with van der Waals surface area (Å²) in [4.78, 5) is 23.8. The third-order valence-electron chi connectivity index (χ3n) is 6.59. The number of guanidine groups is 1. The van der Waals surface area contributed by atoms with Gasteiger partial charge in [0.15, 0.2) is 11.7 Å². The Morgan fingerprint density at radius 2 is 1.79 bits per heavy atom. The number of carbonyl (C=O) groups is 1. The molecule has 0 atom stereocenters. The third kappa shape index (κ3) is 4.43. The van der Waals surface area contributed by atoms with Crippen LogP contribution in [0.4, 0.5) is 0 Å². The van der Waals surface area contributed by atoms with E-state index < -0.39 is 0 Å². The van der Waals surface area contributed by atoms with Crippen LogP contribution < -0.4 is 5.32 Å². The van der Waals surface area contributed by atoms with Crippen molar-refractivity contribution in [2.45, 2.75) is 31.2 Å². The lowest BCUT2D eigenvalue weighted by molar-refractivity contribution is -0.0167. The zero-order valence-electron chi connectivity index (χ0n) is 17.4. The second kappa shape index (κ2) is 9.17. The van der Waals surface area contributed by atoms with Gasteiger partial charge in [-0.1, -0.05) is 0 Å². The van der Waals surface area contributed by atoms with Crippen LogP contribution in [-0.2, 0) is 4.74 Å². The predicted octanol–water partition coefficient (Wildman–Crippen LogP) is 1.26. The van der Waals surface area contributed by atoms with Crippen molar-refractivity contribution in [1.82, 2.24) is 20.0 Å². The first-order valence-corrected chi connectivity index (χ1v) is 10.8. The van der Waals surface area contributed by atoms with Gasteiger partial charge in [0.25, 0.3) is 5.91 Å². The number of aliphatic imine (C=N–C) groups is 1. The number of hydrogen-bond acceptors (Lipinski definition) is 5. The fourth-order valence-electron chi connectivity index (χ4n) is 4.80. The van der Waals surface area contributed by atoms with Gasteiger partial charge in [-0.15, -0.1) is 0 Å². The number of piperazine rings is 1. The van der Waals surface area contributed by atoms with Crippen molar-refractivity contribution in [3.8, 4) is 0 Å². The van der Waals surface area contributed by atoms with E-state index in [1.54, 1.807) is 18.4 Å². The smallest absolute Gasteiger partial charge is 0.289 e. The highest BCUT2D eigenvalue weighted by Crippen LogP contribution is 2.30. The fourth-order valence-corrected chi connectivity index (χ4v) is 4.80. The summed E-state index contributed by atoms with van der Waals surface area (Å²) < 4.78 is 10.9. The molecule has 0 aromatic carbocycles. The maximum absolute atomic E-state index is 12.5. The number of furan rings is 1. The molecule has 3 aliphatic heterocycles. The molecule has 1 aromatic heterocycles. The number of nitrogens with zero attached hydrogens (tertiary/aromatic N) is 4. The fraction of sp³-hybridized carbons (Fsp3) is 0.714. The summed E-state index contributed by atoms with van der Waals surface area (Å²) in [5, 5.41) is 3.65. The van der Waals surface area contributed by atoms with Crippen molar-refractivity contribution >= 4 is 11.9 Å². The van der Waals surface area contributed by atoms with Crippen LogP contribution in [0.3, 0.4) is 0 Å². The molecular weight excluding hydrogens is 370 g/mol. The van der Waals surface area contributed by atoms with Crippen molar-refractivity contribution < 1.29 is 13.9 Å². The molecule has 0 spiro atoms. The first-order chi connectivity index (χ1) is 14.2. The van der Waals surface area contributed by atoms with Crippen molar-refractivity contribution in [1.29, 1.82) is 0 Å². The zero-order chi connectivity index (χ0) is 20.1. The Morgan fingerprint density at radius 1 is 1.10 bits per heavy atom. The Hall–Kier alpha value is -2.06. The molecule has 0 unspecified atom stereocenters. The second-order valence-corrected chi connectivity index (χ2v) is 8.19. The molecule has 0 radical (unpaired) electrons. The van der Waals surface area contributed by atoms with Crippen LogP contribution in [0, 0.1) is 0 Å². The van der Waals surface area contributed by atoms with Crippen LogP contribution >= 0.6 is 0 Å². The number of rotatable bonds is 4. The standard InChI is InChI=1S/C21H33N5O3/c1-22-20(23-17-21(6-15-28-16-7-21)26-8-2-3-9-26)25-12-10-24(11-13-25)19(27)18-5-4-14-29-18/h4-5,14H,2-3,6-13,15-17H2,1H3,(H,22,23). The molecular formula is C21H33N5O3. The van der Waals surface area contributed by atoms with Crippen LogP contribution in [-0.4, -0.2) is 98.2 Å². The van der Waals surface area contributed by atoms with Gasteiger partial charge in [-0.25, -0.2) is 0 Å². The van der Waals surface area contributed by atoms with Crippen molar-refractivity contribution in [2.75, 3.05) is 66.1 Å². The highest BCUT2D eigenvalue weighted by atomic mass is 16.5. The van der Waals surface area contributed by atoms with Crippen molar-refractivity contribution in [3.63, 3.8) is 0 Å². The maximum atomic E-state index is 12.5. The first-order valence-electron chi connectivity index (χ1n) is 10.8. The van der Waals surface area contributed by atoms with E-state index in [1.165, 1.54) is 25.9 Å². The molecule has 1 aromatic rings. The quantitative estimate of drug-likeness (QED) is 0.603. The summed E-state index contributed by atoms with van der Waals surface area (Å²) in [6.45, 7) is 7.83. The summed E-state index contributed by atoms with van der Waals surface area (Å²) in [6, 6.07) is 3.47. The van der Waals surface area contributed by atoms with E-state index in [0.717, 1.165) is 51.6 Å². The normalized spacial score (nSPS) is 23.4. The highest BCUT2D eigenvalue weighted by molar-refractivity contribution is 5.91. The number of nitrogens with one attached hydrogen (secondary N) is 1. The monoisotopic (exact) mass is 403 g/mol. The van der Waals surface area contributed by atoms with Gasteiger partial charge in [-0.2, -0.15) is 0 Å². The Kier molecular flexibility index (Phi) is 6.40. The highest BCUT2D eigenvalue weighted by Gasteiger charge is 2.40. The lowest BCUT2D eigenvalue weighted by Crippen LogP contribution is -2.60. The zero-order valence-corrected chi connectivity index (χ0v) is 17.4. The SMILES string of the molecule is CN=C(NCC1(N2CCCC2)CCOCC1)N1CCN(C(=O)c2ccco2)CC1. The molecule has 1 N–H and O–H groups in total. The van der Waals surface area contributed by atoms with Crippen LogP contribution in [0.5, 0.6) is 0 Å². The van der Waals surface area contributed by atoms with Crippen LogP contribution in [0.25, 0.3) is 0 Å². The molecule has 4 heterocycles. The van der Waals surface area contributed by atoms with Gasteiger partial charge in [0, 0.05) is 58.5 Å². The molecule has 8 nitrogen and oxygen atoms in total. The summed E-state index contributed by atoms with van der Waals surface area (Å²) in [5.41, 5.74) is 0.168. The van der Waals surface area contributed by atoms with Crippen molar-refractivity contribution in [3.05, 3.63) is 24.2 Å². The number of likely N-dealkylation sites (tertiary alicyclic amines) is 1. The number of hydrogen-bond donors (Lipinski definition) is 1. The van der Waals surface area contributed by atoms with Crippen LogP contribution in [0.1, 0.15) is 36.2 Å². The van der Waals surface area contributed by atoms with Gasteiger partial charge in [0.1, 0.15) is 0 Å². The Labute approximate surface area is 172 Å². The van der Waals surface area contributed by atoms with E-state index in [4.69, 9.17) is 9.15 Å². The average molecular weight is 404 g/mol. The summed E-state index contributed by atoms with van der Waals surface area (Å²) >= 11 is 0. The number of ether oxygens (including phenoxy) is 1. The molecule has 1 amide bonds. The number of amides is 1. The summed E-state index contributed by atoms with van der Waals surface area (Å²) in [5.74, 6) is 1.31. The van der Waals surface area contributed by atoms with Gasteiger partial charge >= 0.3 is 0 Å². The average Bonchev–Trinajstić information content (AvgIpc) is 3.49. The second-order valence-electron chi connectivity index (χ2n) is 8.19. The molecule has 4 rings (SSSR count). The topological polar surface area (TPSA) is 73.6 Å². The van der Waals surface area contributed by atoms with Crippen molar-refractivity contribution in [2.24, 2.45) is 4.99 Å². The predicted molar refractivity (Wildman–Crippen MR) is 111 cm³/mol. The first kappa shape index (κ1) is 20.2. The van der Waals surface area contributed by atoms with Gasteiger partial charge in [-0.3, -0.25) is 14.7 Å². The molecule has 3 aliphatic rings. The third-order valence-corrected chi connectivity index (χ3v) is 6.59. The minimum absolute atomic E-state index is 0.0345. The van der Waals surface area contributed by atoms with E-state index in [2.05, 4.69) is 20.1 Å². The molecule has 8 heteroatoms. The molecule has 3 saturated heterocycles. The van der Waals surface area contributed by atoms with Gasteiger partial charge < -0.3 is 24.3 Å². The Balaban J connectivity index is 1.33. The summed E-state index contributed by atoms with van der Waals surface area (Å²) in [6.07, 6.45) is 6.28. The molecule has 0 saturated carbocycles. The Morgan fingerprint density at radius 3 is 2.41 bits per heavy atom. The lowest BCUT2D eigenvalue weighted by atomic mass is 9.88. The van der Waals surface area contributed by atoms with Crippen LogP contribution in [0.2, 0.25) is 0 Å². The minimum Gasteiger partial charge on any atom is -0.459 e. The van der Waals surface area contributed by atoms with E-state index in [0.29, 0.717) is 18.8 Å². The maximum Gasteiger partial charge on any atom is 0.289 e. The van der Waals surface area contributed by atoms with E-state index >= 15 is 0 Å². The lowest BCUT2D eigenvalue weighted by Gasteiger charge is -2.45. The molecule has 0 bridgehead atoms. The number of carbonyl (C=O) groups excluding carboxylic acids is 1. The molecule has 160 valence electrons. The van der Waals surface area contributed by atoms with E-state index in [-0.39, 0.29) is 11.4 Å². The van der Waals surface area contributed by atoms with Gasteiger partial charge in [0.05, 0.1) is 6.26 Å². The van der Waals surface area contributed by atoms with Gasteiger partial charge in [-0.05, 0) is 50.9 Å².